The van der Waals surface area contributed by atoms with Gasteiger partial charge in [-0.1, -0.05) is 26.7 Å². The molecule has 0 aromatic rings. The zero-order valence-corrected chi connectivity index (χ0v) is 8.28. The Hall–Kier alpha value is -0.0800. The van der Waals surface area contributed by atoms with Crippen molar-refractivity contribution in [1.82, 2.24) is 5.32 Å². The quantitative estimate of drug-likeness (QED) is 0.654. The second kappa shape index (κ2) is 8.02. The maximum Gasteiger partial charge on any atom is 0.00638 e. The van der Waals surface area contributed by atoms with E-state index in [0.717, 1.165) is 5.92 Å². The summed E-state index contributed by atoms with van der Waals surface area (Å²) >= 11 is 0. The van der Waals surface area contributed by atoms with E-state index in [1.165, 1.54) is 19.3 Å². The molecule has 11 heavy (non-hydrogen) atoms. The first-order valence-corrected chi connectivity index (χ1v) is 4.43. The molecule has 0 fully saturated rings. The minimum atomic E-state index is 0. The molecule has 0 saturated carbocycles. The highest BCUT2D eigenvalue weighted by atomic mass is 16.0. The van der Waals surface area contributed by atoms with Crippen LogP contribution >= 0.6 is 0 Å². The summed E-state index contributed by atoms with van der Waals surface area (Å²) in [5.41, 5.74) is 0. The van der Waals surface area contributed by atoms with Crippen molar-refractivity contribution >= 4 is 0 Å². The third-order valence-electron chi connectivity index (χ3n) is 2.35. The van der Waals surface area contributed by atoms with Gasteiger partial charge in [0.1, 0.15) is 0 Å². The number of nitrogens with one attached hydrogen (secondary N) is 1. The molecule has 0 aliphatic heterocycles. The molecule has 0 aliphatic carbocycles. The molecule has 0 aliphatic rings. The number of hydrogen-bond donors (Lipinski definition) is 1. The average molecular weight is 161 g/mol. The third kappa shape index (κ3) is 5.22. The topological polar surface area (TPSA) is 43.5 Å². The molecule has 2 unspecified atom stereocenters. The molecule has 2 atom stereocenters. The van der Waals surface area contributed by atoms with Gasteiger partial charge in [0, 0.05) is 6.04 Å². The summed E-state index contributed by atoms with van der Waals surface area (Å²) in [6.07, 6.45) is 3.97. The van der Waals surface area contributed by atoms with Crippen molar-refractivity contribution in [2.45, 2.75) is 46.1 Å². The minimum Gasteiger partial charge on any atom is -0.412 e. The van der Waals surface area contributed by atoms with Crippen LogP contribution in [0.5, 0.6) is 0 Å². The van der Waals surface area contributed by atoms with Crippen LogP contribution in [0.25, 0.3) is 0 Å². The second-order valence-electron chi connectivity index (χ2n) is 3.03. The number of hydrogen-bond acceptors (Lipinski definition) is 1. The van der Waals surface area contributed by atoms with Crippen LogP contribution in [0.15, 0.2) is 0 Å². The summed E-state index contributed by atoms with van der Waals surface area (Å²) in [6, 6.07) is 0.685. The second-order valence-corrected chi connectivity index (χ2v) is 3.03. The molecule has 0 bridgehead atoms. The van der Waals surface area contributed by atoms with Crippen LogP contribution < -0.4 is 5.32 Å². The van der Waals surface area contributed by atoms with Crippen molar-refractivity contribution in [3.63, 3.8) is 0 Å². The molecule has 0 aromatic carbocycles. The first-order valence-electron chi connectivity index (χ1n) is 4.43. The molecule has 0 heterocycles. The van der Waals surface area contributed by atoms with E-state index in [4.69, 9.17) is 0 Å². The first-order chi connectivity index (χ1) is 4.76. The standard InChI is InChI=1S/C9H21N.H2O/c1-5-7-9(6-2)8(3)10-4;/h8-10H,5-7H2,1-4H3;1H2. The SMILES string of the molecule is CCCC(CC)C(C)NC.O. The normalized spacial score (nSPS) is 15.3. The molecule has 0 spiro atoms. The van der Waals surface area contributed by atoms with Crippen molar-refractivity contribution in [3.8, 4) is 0 Å². The highest BCUT2D eigenvalue weighted by molar-refractivity contribution is 4.68. The fraction of sp³-hybridized carbons (Fsp3) is 1.00. The summed E-state index contributed by atoms with van der Waals surface area (Å²) in [7, 11) is 2.04. The fourth-order valence-electron chi connectivity index (χ4n) is 1.41. The van der Waals surface area contributed by atoms with Crippen molar-refractivity contribution in [2.24, 2.45) is 5.92 Å². The van der Waals surface area contributed by atoms with E-state index >= 15 is 0 Å². The largest absolute Gasteiger partial charge is 0.412 e. The van der Waals surface area contributed by atoms with Crippen molar-refractivity contribution in [3.05, 3.63) is 0 Å². The molecular formula is C9H23NO. The van der Waals surface area contributed by atoms with E-state index in [1.54, 1.807) is 0 Å². The maximum atomic E-state index is 3.30. The smallest absolute Gasteiger partial charge is 0.00638 e. The van der Waals surface area contributed by atoms with Gasteiger partial charge in [-0.15, -0.1) is 0 Å². The monoisotopic (exact) mass is 161 g/mol. The lowest BCUT2D eigenvalue weighted by atomic mass is 9.94. The molecule has 70 valence electrons. The summed E-state index contributed by atoms with van der Waals surface area (Å²) < 4.78 is 0. The van der Waals surface area contributed by atoms with Crippen LogP contribution in [-0.4, -0.2) is 18.6 Å². The Morgan fingerprint density at radius 2 is 1.82 bits per heavy atom. The van der Waals surface area contributed by atoms with Gasteiger partial charge in [0.15, 0.2) is 0 Å². The van der Waals surface area contributed by atoms with E-state index in [-0.39, 0.29) is 5.48 Å². The zero-order valence-electron chi connectivity index (χ0n) is 8.28. The van der Waals surface area contributed by atoms with Gasteiger partial charge in [0.2, 0.25) is 0 Å². The molecule has 0 saturated heterocycles. The maximum absolute atomic E-state index is 3.30. The summed E-state index contributed by atoms with van der Waals surface area (Å²) in [5, 5.41) is 3.30. The Bertz CT molecular complexity index is 76.0. The van der Waals surface area contributed by atoms with E-state index in [9.17, 15) is 0 Å². The van der Waals surface area contributed by atoms with Gasteiger partial charge in [-0.3, -0.25) is 0 Å². The summed E-state index contributed by atoms with van der Waals surface area (Å²) in [6.45, 7) is 6.79. The molecule has 0 rings (SSSR count). The highest BCUT2D eigenvalue weighted by Crippen LogP contribution is 2.14. The molecular weight excluding hydrogens is 138 g/mol. The van der Waals surface area contributed by atoms with Crippen LogP contribution in [0.2, 0.25) is 0 Å². The van der Waals surface area contributed by atoms with Crippen molar-refractivity contribution < 1.29 is 5.48 Å². The van der Waals surface area contributed by atoms with Crippen LogP contribution in [0.1, 0.15) is 40.0 Å². The third-order valence-corrected chi connectivity index (χ3v) is 2.35. The van der Waals surface area contributed by atoms with Crippen molar-refractivity contribution in [1.29, 1.82) is 0 Å². The lowest BCUT2D eigenvalue weighted by Crippen LogP contribution is -2.29. The van der Waals surface area contributed by atoms with Crippen LogP contribution in [0, 0.1) is 5.92 Å². The van der Waals surface area contributed by atoms with Crippen LogP contribution in [0.3, 0.4) is 0 Å². The predicted octanol–water partition coefficient (Wildman–Crippen LogP) is 1.60. The number of rotatable bonds is 5. The van der Waals surface area contributed by atoms with Gasteiger partial charge in [0.05, 0.1) is 0 Å². The van der Waals surface area contributed by atoms with Gasteiger partial charge in [-0.05, 0) is 26.3 Å². The van der Waals surface area contributed by atoms with Gasteiger partial charge in [-0.2, -0.15) is 0 Å². The molecule has 0 amide bonds. The molecule has 0 aromatic heterocycles. The summed E-state index contributed by atoms with van der Waals surface area (Å²) in [5.74, 6) is 0.870. The molecule has 3 N–H and O–H groups in total. The molecule has 2 nitrogen and oxygen atoms in total. The predicted molar refractivity (Wildman–Crippen MR) is 50.8 cm³/mol. The van der Waals surface area contributed by atoms with E-state index in [0.29, 0.717) is 6.04 Å². The molecule has 0 radical (unpaired) electrons. The van der Waals surface area contributed by atoms with Crippen LogP contribution in [0.4, 0.5) is 0 Å². The first kappa shape index (κ1) is 13.5. The van der Waals surface area contributed by atoms with Gasteiger partial charge in [-0.25, -0.2) is 0 Å². The Morgan fingerprint density at radius 1 is 1.27 bits per heavy atom. The van der Waals surface area contributed by atoms with E-state index in [1.807, 2.05) is 7.05 Å². The summed E-state index contributed by atoms with van der Waals surface area (Å²) in [4.78, 5) is 0. The Balaban J connectivity index is 0. The Kier molecular flexibility index (Phi) is 9.85. The molecule has 2 heteroatoms. The van der Waals surface area contributed by atoms with Gasteiger partial charge in [0.25, 0.3) is 0 Å². The lowest BCUT2D eigenvalue weighted by Gasteiger charge is -2.21. The Morgan fingerprint density at radius 3 is 2.09 bits per heavy atom. The van der Waals surface area contributed by atoms with E-state index < -0.39 is 0 Å². The van der Waals surface area contributed by atoms with Gasteiger partial charge >= 0.3 is 0 Å². The highest BCUT2D eigenvalue weighted by Gasteiger charge is 2.11. The zero-order chi connectivity index (χ0) is 7.98. The van der Waals surface area contributed by atoms with Gasteiger partial charge < -0.3 is 10.8 Å². The lowest BCUT2D eigenvalue weighted by molar-refractivity contribution is 0.357. The van der Waals surface area contributed by atoms with E-state index in [2.05, 4.69) is 26.1 Å². The van der Waals surface area contributed by atoms with Crippen LogP contribution in [-0.2, 0) is 0 Å². The average Bonchev–Trinajstić information content (AvgIpc) is 1.99. The van der Waals surface area contributed by atoms with Crippen molar-refractivity contribution in [2.75, 3.05) is 7.05 Å². The fourth-order valence-corrected chi connectivity index (χ4v) is 1.41. The minimum absolute atomic E-state index is 0. The Labute approximate surface area is 70.7 Å².